The Hall–Kier alpha value is -0.610. The minimum atomic E-state index is -0.535. The van der Waals surface area contributed by atoms with E-state index in [-0.39, 0.29) is 18.0 Å². The molecule has 0 unspecified atom stereocenters. The summed E-state index contributed by atoms with van der Waals surface area (Å²) in [5.41, 5.74) is 0. The second-order valence-electron chi connectivity index (χ2n) is 5.28. The van der Waals surface area contributed by atoms with E-state index in [1.165, 1.54) is 0 Å². The number of esters is 1. The number of rotatable bonds is 5. The maximum atomic E-state index is 11.6. The first-order valence-electron chi connectivity index (χ1n) is 6.33. The van der Waals surface area contributed by atoms with Gasteiger partial charge in [0.2, 0.25) is 0 Å². The van der Waals surface area contributed by atoms with Gasteiger partial charge in [0, 0.05) is 5.92 Å². The van der Waals surface area contributed by atoms with Gasteiger partial charge in [0.15, 0.2) is 5.79 Å². The van der Waals surface area contributed by atoms with E-state index in [2.05, 4.69) is 13.8 Å². The highest BCUT2D eigenvalue weighted by Gasteiger charge is 2.39. The summed E-state index contributed by atoms with van der Waals surface area (Å²) in [5, 5.41) is 0. The van der Waals surface area contributed by atoms with Crippen molar-refractivity contribution in [3.8, 4) is 0 Å². The Morgan fingerprint density at radius 2 is 2.12 bits per heavy atom. The van der Waals surface area contributed by atoms with Gasteiger partial charge >= 0.3 is 5.97 Å². The van der Waals surface area contributed by atoms with Gasteiger partial charge in [-0.25, -0.2) is 0 Å². The van der Waals surface area contributed by atoms with Crippen molar-refractivity contribution in [2.75, 3.05) is 13.2 Å². The number of ether oxygens (including phenoxy) is 3. The Morgan fingerprint density at radius 3 is 2.53 bits per heavy atom. The van der Waals surface area contributed by atoms with Gasteiger partial charge in [-0.3, -0.25) is 4.79 Å². The first-order chi connectivity index (χ1) is 7.85. The molecule has 4 nitrogen and oxygen atoms in total. The van der Waals surface area contributed by atoms with E-state index in [9.17, 15) is 4.79 Å². The summed E-state index contributed by atoms with van der Waals surface area (Å²) >= 11 is 0. The standard InChI is InChI=1S/C13H24O4/c1-6-15-12(14)7-10(9(2)3)11-8-16-13(4,5)17-11/h9-11H,6-8H2,1-5H3/t10-,11+/m1/s1. The van der Waals surface area contributed by atoms with Crippen LogP contribution in [0.15, 0.2) is 0 Å². The number of hydrogen-bond acceptors (Lipinski definition) is 4. The van der Waals surface area contributed by atoms with E-state index in [0.717, 1.165) is 0 Å². The zero-order valence-corrected chi connectivity index (χ0v) is 11.5. The van der Waals surface area contributed by atoms with E-state index in [1.54, 1.807) is 0 Å². The fourth-order valence-corrected chi connectivity index (χ4v) is 2.14. The summed E-state index contributed by atoms with van der Waals surface area (Å²) in [5.74, 6) is -0.177. The van der Waals surface area contributed by atoms with Crippen LogP contribution in [-0.4, -0.2) is 31.1 Å². The minimum absolute atomic E-state index is 0.0191. The molecule has 0 bridgehead atoms. The molecule has 100 valence electrons. The van der Waals surface area contributed by atoms with E-state index in [1.807, 2.05) is 20.8 Å². The quantitative estimate of drug-likeness (QED) is 0.696. The fourth-order valence-electron chi connectivity index (χ4n) is 2.14. The minimum Gasteiger partial charge on any atom is -0.466 e. The maximum Gasteiger partial charge on any atom is 0.306 e. The molecule has 0 aromatic heterocycles. The number of carbonyl (C=O) groups is 1. The molecule has 0 aromatic carbocycles. The van der Waals surface area contributed by atoms with E-state index in [0.29, 0.717) is 25.6 Å². The van der Waals surface area contributed by atoms with E-state index >= 15 is 0 Å². The number of hydrogen-bond donors (Lipinski definition) is 0. The molecule has 1 heterocycles. The number of carbonyl (C=O) groups excluding carboxylic acids is 1. The smallest absolute Gasteiger partial charge is 0.306 e. The van der Waals surface area contributed by atoms with Crippen molar-refractivity contribution >= 4 is 5.97 Å². The molecule has 0 aromatic rings. The molecule has 0 aliphatic carbocycles. The highest BCUT2D eigenvalue weighted by Crippen LogP contribution is 2.32. The molecule has 1 aliphatic heterocycles. The predicted octanol–water partition coefficient (Wildman–Crippen LogP) is 2.36. The van der Waals surface area contributed by atoms with Crippen molar-refractivity contribution in [1.82, 2.24) is 0 Å². The van der Waals surface area contributed by atoms with Crippen LogP contribution >= 0.6 is 0 Å². The molecule has 1 saturated heterocycles. The Balaban J connectivity index is 2.58. The molecule has 1 aliphatic rings. The molecule has 0 N–H and O–H groups in total. The van der Waals surface area contributed by atoms with Crippen molar-refractivity contribution < 1.29 is 19.0 Å². The topological polar surface area (TPSA) is 44.8 Å². The Labute approximate surface area is 104 Å². The lowest BCUT2D eigenvalue weighted by Crippen LogP contribution is -2.32. The van der Waals surface area contributed by atoms with Crippen LogP contribution in [0.1, 0.15) is 41.0 Å². The van der Waals surface area contributed by atoms with Gasteiger partial charge in [-0.1, -0.05) is 13.8 Å². The van der Waals surface area contributed by atoms with Crippen LogP contribution in [-0.2, 0) is 19.0 Å². The molecule has 0 spiro atoms. The van der Waals surface area contributed by atoms with Gasteiger partial charge in [-0.2, -0.15) is 0 Å². The van der Waals surface area contributed by atoms with Crippen molar-refractivity contribution in [1.29, 1.82) is 0 Å². The molecule has 17 heavy (non-hydrogen) atoms. The normalized spacial score (nSPS) is 24.9. The monoisotopic (exact) mass is 244 g/mol. The Morgan fingerprint density at radius 1 is 1.47 bits per heavy atom. The lowest BCUT2D eigenvalue weighted by Gasteiger charge is -2.26. The van der Waals surface area contributed by atoms with Crippen LogP contribution in [0.4, 0.5) is 0 Å². The summed E-state index contributed by atoms with van der Waals surface area (Å²) in [6, 6.07) is 0. The molecule has 0 amide bonds. The van der Waals surface area contributed by atoms with Crippen LogP contribution in [0.3, 0.4) is 0 Å². The highest BCUT2D eigenvalue weighted by atomic mass is 16.7. The summed E-state index contributed by atoms with van der Waals surface area (Å²) in [4.78, 5) is 11.6. The third-order valence-electron chi connectivity index (χ3n) is 3.07. The van der Waals surface area contributed by atoms with Gasteiger partial charge in [0.25, 0.3) is 0 Å². The molecule has 1 rings (SSSR count). The van der Waals surface area contributed by atoms with Crippen molar-refractivity contribution in [3.63, 3.8) is 0 Å². The first-order valence-corrected chi connectivity index (χ1v) is 6.33. The van der Waals surface area contributed by atoms with Crippen LogP contribution in [0, 0.1) is 11.8 Å². The highest BCUT2D eigenvalue weighted by molar-refractivity contribution is 5.69. The summed E-state index contributed by atoms with van der Waals surface area (Å²) < 4.78 is 16.4. The lowest BCUT2D eigenvalue weighted by molar-refractivity contribution is -0.155. The van der Waals surface area contributed by atoms with Gasteiger partial charge in [0.1, 0.15) is 0 Å². The van der Waals surface area contributed by atoms with Gasteiger partial charge in [-0.05, 0) is 26.7 Å². The lowest BCUT2D eigenvalue weighted by atomic mass is 9.87. The first kappa shape index (κ1) is 14.5. The fraction of sp³-hybridized carbons (Fsp3) is 0.923. The zero-order valence-electron chi connectivity index (χ0n) is 11.5. The summed E-state index contributed by atoms with van der Waals surface area (Å²) in [6.07, 6.45) is 0.379. The second kappa shape index (κ2) is 5.83. The van der Waals surface area contributed by atoms with Gasteiger partial charge in [-0.15, -0.1) is 0 Å². The van der Waals surface area contributed by atoms with E-state index in [4.69, 9.17) is 14.2 Å². The van der Waals surface area contributed by atoms with Crippen molar-refractivity contribution in [3.05, 3.63) is 0 Å². The third kappa shape index (κ3) is 4.28. The van der Waals surface area contributed by atoms with Gasteiger partial charge < -0.3 is 14.2 Å². The average Bonchev–Trinajstić information content (AvgIpc) is 2.55. The summed E-state index contributed by atoms with van der Waals surface area (Å²) in [7, 11) is 0. The molecular formula is C13H24O4. The largest absolute Gasteiger partial charge is 0.466 e. The third-order valence-corrected chi connectivity index (χ3v) is 3.07. The Kier molecular flexibility index (Phi) is 4.95. The zero-order chi connectivity index (χ0) is 13.1. The molecular weight excluding hydrogens is 220 g/mol. The molecule has 1 fully saturated rings. The van der Waals surface area contributed by atoms with Crippen LogP contribution < -0.4 is 0 Å². The molecule has 0 saturated carbocycles. The average molecular weight is 244 g/mol. The second-order valence-corrected chi connectivity index (χ2v) is 5.28. The van der Waals surface area contributed by atoms with E-state index < -0.39 is 5.79 Å². The molecule has 0 radical (unpaired) electrons. The van der Waals surface area contributed by atoms with Crippen LogP contribution in [0.2, 0.25) is 0 Å². The SMILES string of the molecule is CCOC(=O)C[C@H](C(C)C)[C@@H]1COC(C)(C)O1. The summed E-state index contributed by atoms with van der Waals surface area (Å²) in [6.45, 7) is 10.8. The van der Waals surface area contributed by atoms with Crippen molar-refractivity contribution in [2.24, 2.45) is 11.8 Å². The molecule has 2 atom stereocenters. The van der Waals surface area contributed by atoms with Gasteiger partial charge in [0.05, 0.1) is 25.7 Å². The molecule has 4 heteroatoms. The predicted molar refractivity (Wildman–Crippen MR) is 64.5 cm³/mol. The van der Waals surface area contributed by atoms with Crippen LogP contribution in [0.5, 0.6) is 0 Å². The maximum absolute atomic E-state index is 11.6. The van der Waals surface area contributed by atoms with Crippen LogP contribution in [0.25, 0.3) is 0 Å². The Bertz CT molecular complexity index is 260. The van der Waals surface area contributed by atoms with Crippen molar-refractivity contribution in [2.45, 2.75) is 52.9 Å².